The van der Waals surface area contributed by atoms with E-state index >= 15 is 0 Å². The van der Waals surface area contributed by atoms with Crippen molar-refractivity contribution in [1.29, 1.82) is 0 Å². The first-order valence-electron chi connectivity index (χ1n) is 8.77. The van der Waals surface area contributed by atoms with Crippen LogP contribution >= 0.6 is 0 Å². The van der Waals surface area contributed by atoms with E-state index in [1.165, 1.54) is 0 Å². The fraction of sp³-hybridized carbons (Fsp3) is 0.130. The van der Waals surface area contributed by atoms with Crippen LogP contribution < -0.4 is 29.8 Å². The second-order valence-electron chi connectivity index (χ2n) is 6.11. The maximum absolute atomic E-state index is 5.75. The third kappa shape index (κ3) is 3.13. The Bertz CT molecular complexity index is 820. The van der Waals surface area contributed by atoms with Gasteiger partial charge in [0.25, 0.3) is 0 Å². The van der Waals surface area contributed by atoms with Gasteiger partial charge in [-0.3, -0.25) is 0 Å². The number of hydrogen-bond acceptors (Lipinski definition) is 3. The molecule has 0 amide bonds. The van der Waals surface area contributed by atoms with Crippen molar-refractivity contribution in [3.63, 3.8) is 0 Å². The van der Waals surface area contributed by atoms with Crippen LogP contribution in [-0.2, 0) is 0 Å². The summed E-state index contributed by atoms with van der Waals surface area (Å²) in [6.07, 6.45) is 0. The van der Waals surface area contributed by atoms with Crippen LogP contribution in [0.4, 0.5) is 0 Å². The van der Waals surface area contributed by atoms with Crippen LogP contribution in [0.3, 0.4) is 0 Å². The lowest BCUT2D eigenvalue weighted by Gasteiger charge is -2.33. The summed E-state index contributed by atoms with van der Waals surface area (Å²) < 4.78 is 17.2. The highest BCUT2D eigenvalue weighted by atomic mass is 28.3. The predicted octanol–water partition coefficient (Wildman–Crippen LogP) is 2.91. The molecular weight excluding hydrogens is 352 g/mol. The molecule has 138 valence electrons. The molecule has 0 aliphatic heterocycles. The molecule has 0 fully saturated rings. The molecule has 3 nitrogen and oxygen atoms in total. The zero-order valence-corrected chi connectivity index (χ0v) is 16.9. The highest BCUT2D eigenvalue weighted by Gasteiger charge is 2.42. The van der Waals surface area contributed by atoms with Crippen LogP contribution in [0.5, 0.6) is 17.2 Å². The van der Waals surface area contributed by atoms with Crippen LogP contribution in [-0.4, -0.2) is 29.4 Å². The van der Waals surface area contributed by atoms with Gasteiger partial charge in [0.05, 0.1) is 21.3 Å². The normalized spacial score (nSPS) is 10.9. The predicted molar refractivity (Wildman–Crippen MR) is 114 cm³/mol. The highest BCUT2D eigenvalue weighted by molar-refractivity contribution is 7.16. The average Bonchev–Trinajstić information content (AvgIpc) is 2.75. The first kappa shape index (κ1) is 18.8. The van der Waals surface area contributed by atoms with Crippen molar-refractivity contribution >= 4 is 23.6 Å². The SMILES string of the molecule is C=C[Si](c1ccccc1OC)(c1ccccc1OC)c1ccccc1OC. The van der Waals surface area contributed by atoms with E-state index in [4.69, 9.17) is 14.2 Å². The van der Waals surface area contributed by atoms with Crippen LogP contribution in [0.2, 0.25) is 0 Å². The zero-order chi connectivity index (χ0) is 19.3. The Labute approximate surface area is 161 Å². The summed E-state index contributed by atoms with van der Waals surface area (Å²) in [6.45, 7) is 4.28. The molecule has 0 bridgehead atoms. The lowest BCUT2D eigenvalue weighted by molar-refractivity contribution is 0.415. The van der Waals surface area contributed by atoms with E-state index in [-0.39, 0.29) is 0 Å². The number of para-hydroxylation sites is 3. The summed E-state index contributed by atoms with van der Waals surface area (Å²) in [5.41, 5.74) is 2.07. The maximum atomic E-state index is 5.75. The summed E-state index contributed by atoms with van der Waals surface area (Å²) in [7, 11) is 2.39. The summed E-state index contributed by atoms with van der Waals surface area (Å²) in [5.74, 6) is 2.50. The van der Waals surface area contributed by atoms with Crippen molar-refractivity contribution in [1.82, 2.24) is 0 Å². The van der Waals surface area contributed by atoms with Gasteiger partial charge in [-0.1, -0.05) is 60.3 Å². The standard InChI is InChI=1S/C23H24O3Si/c1-5-27(21-15-9-6-12-18(21)24-2,22-16-10-7-13-19(22)25-3)23-17-11-8-14-20(23)26-4/h5-17H,1H2,2-4H3. The second kappa shape index (κ2) is 8.14. The molecule has 27 heavy (non-hydrogen) atoms. The molecule has 0 aliphatic rings. The van der Waals surface area contributed by atoms with Gasteiger partial charge in [0.1, 0.15) is 17.2 Å². The molecule has 0 saturated carbocycles. The molecule has 4 heteroatoms. The maximum Gasteiger partial charge on any atom is 0.184 e. The Morgan fingerprint density at radius 2 is 0.889 bits per heavy atom. The van der Waals surface area contributed by atoms with Gasteiger partial charge in [-0.2, -0.15) is 0 Å². The molecule has 0 atom stereocenters. The Balaban J connectivity index is 2.47. The number of methoxy groups -OCH3 is 3. The highest BCUT2D eigenvalue weighted by Crippen LogP contribution is 2.23. The molecule has 0 heterocycles. The van der Waals surface area contributed by atoms with E-state index < -0.39 is 8.07 Å². The third-order valence-corrected chi connectivity index (χ3v) is 9.30. The largest absolute Gasteiger partial charge is 0.497 e. The van der Waals surface area contributed by atoms with E-state index in [0.29, 0.717) is 0 Å². The van der Waals surface area contributed by atoms with E-state index in [2.05, 4.69) is 30.5 Å². The zero-order valence-electron chi connectivity index (χ0n) is 15.9. The minimum atomic E-state index is -2.71. The van der Waals surface area contributed by atoms with Crippen molar-refractivity contribution in [2.24, 2.45) is 0 Å². The van der Waals surface area contributed by atoms with E-state index in [1.54, 1.807) is 21.3 Å². The number of rotatable bonds is 7. The van der Waals surface area contributed by atoms with Crippen LogP contribution in [0.1, 0.15) is 0 Å². The van der Waals surface area contributed by atoms with Gasteiger partial charge in [-0.25, -0.2) is 0 Å². The summed E-state index contributed by atoms with van der Waals surface area (Å²) >= 11 is 0. The number of hydrogen-bond donors (Lipinski definition) is 0. The Morgan fingerprint density at radius 1 is 0.593 bits per heavy atom. The van der Waals surface area contributed by atoms with Crippen LogP contribution in [0, 0.1) is 0 Å². The lowest BCUT2D eigenvalue weighted by Crippen LogP contribution is -2.66. The van der Waals surface area contributed by atoms with E-state index in [9.17, 15) is 0 Å². The van der Waals surface area contributed by atoms with Crippen molar-refractivity contribution in [3.05, 3.63) is 85.1 Å². The molecule has 0 unspecified atom stereocenters. The quantitative estimate of drug-likeness (QED) is 0.469. The van der Waals surface area contributed by atoms with Gasteiger partial charge in [0.15, 0.2) is 8.07 Å². The smallest absolute Gasteiger partial charge is 0.184 e. The molecule has 0 saturated heterocycles. The van der Waals surface area contributed by atoms with Crippen molar-refractivity contribution in [2.75, 3.05) is 21.3 Å². The van der Waals surface area contributed by atoms with Crippen molar-refractivity contribution in [3.8, 4) is 17.2 Å². The lowest BCUT2D eigenvalue weighted by atomic mass is 10.3. The van der Waals surface area contributed by atoms with E-state index in [1.807, 2.05) is 54.6 Å². The molecular formula is C23H24O3Si. The molecule has 0 N–H and O–H groups in total. The van der Waals surface area contributed by atoms with Gasteiger partial charge in [0, 0.05) is 0 Å². The first-order valence-corrected chi connectivity index (χ1v) is 10.8. The average molecular weight is 377 g/mol. The number of benzene rings is 3. The molecule has 0 radical (unpaired) electrons. The Hall–Kier alpha value is -2.98. The van der Waals surface area contributed by atoms with Gasteiger partial charge >= 0.3 is 0 Å². The summed E-state index contributed by atoms with van der Waals surface area (Å²) in [5, 5.41) is 3.32. The van der Waals surface area contributed by atoms with Crippen LogP contribution in [0.15, 0.2) is 85.1 Å². The van der Waals surface area contributed by atoms with Gasteiger partial charge < -0.3 is 14.2 Å². The molecule has 0 aromatic heterocycles. The Morgan fingerprint density at radius 3 is 1.15 bits per heavy atom. The van der Waals surface area contributed by atoms with Gasteiger partial charge in [0.2, 0.25) is 0 Å². The molecule has 0 aliphatic carbocycles. The first-order chi connectivity index (χ1) is 13.2. The van der Waals surface area contributed by atoms with Gasteiger partial charge in [-0.15, -0.1) is 6.58 Å². The van der Waals surface area contributed by atoms with E-state index in [0.717, 1.165) is 32.8 Å². The second-order valence-corrected chi connectivity index (χ2v) is 9.75. The van der Waals surface area contributed by atoms with Crippen molar-refractivity contribution < 1.29 is 14.2 Å². The minimum Gasteiger partial charge on any atom is -0.497 e. The molecule has 3 rings (SSSR count). The molecule has 3 aromatic carbocycles. The summed E-state index contributed by atoms with van der Waals surface area (Å²) in [6, 6.07) is 24.4. The summed E-state index contributed by atoms with van der Waals surface area (Å²) in [4.78, 5) is 0. The fourth-order valence-corrected chi connectivity index (χ4v) is 8.01. The fourth-order valence-electron chi connectivity index (χ4n) is 3.68. The third-order valence-electron chi connectivity index (χ3n) is 4.90. The molecule has 0 spiro atoms. The van der Waals surface area contributed by atoms with Crippen molar-refractivity contribution in [2.45, 2.75) is 0 Å². The topological polar surface area (TPSA) is 27.7 Å². The minimum absolute atomic E-state index is 0.834. The molecule has 3 aromatic rings. The van der Waals surface area contributed by atoms with Gasteiger partial charge in [-0.05, 0) is 33.8 Å². The van der Waals surface area contributed by atoms with Crippen LogP contribution in [0.25, 0.3) is 0 Å². The number of ether oxygens (including phenoxy) is 3. The monoisotopic (exact) mass is 376 g/mol. The Kier molecular flexibility index (Phi) is 5.67.